The number of nitrogen functional groups attached to an aromatic ring is 1. The molecule has 1 aromatic rings. The molecule has 0 saturated heterocycles. The van der Waals surface area contributed by atoms with Crippen LogP contribution in [0.1, 0.15) is 0 Å². The van der Waals surface area contributed by atoms with Gasteiger partial charge in [-0.05, 0) is 22.0 Å². The number of aromatic nitrogens is 1. The molecule has 2 N–H and O–H groups in total. The molecule has 0 aliphatic rings. The third-order valence-electron chi connectivity index (χ3n) is 1.18. The molecule has 0 bridgehead atoms. The normalized spacial score (nSPS) is 9.75. The summed E-state index contributed by atoms with van der Waals surface area (Å²) in [4.78, 5) is 4.16. The van der Waals surface area contributed by atoms with Crippen molar-refractivity contribution < 1.29 is 0 Å². The van der Waals surface area contributed by atoms with Gasteiger partial charge in [0.25, 0.3) is 0 Å². The van der Waals surface area contributed by atoms with Crippen LogP contribution in [0.2, 0.25) is 0 Å². The lowest BCUT2D eigenvalue weighted by Gasteiger charge is -2.01. The fourth-order valence-electron chi connectivity index (χ4n) is 0.701. The molecule has 0 amide bonds. The Morgan fingerprint density at radius 2 is 2.50 bits per heavy atom. The number of pyridine rings is 1. The van der Waals surface area contributed by atoms with Crippen molar-refractivity contribution in [3.05, 3.63) is 29.4 Å². The smallest absolute Gasteiger partial charge is 0.119 e. The van der Waals surface area contributed by atoms with Crippen molar-refractivity contribution in [3.63, 3.8) is 0 Å². The number of anilines is 1. The molecule has 0 atom stereocenters. The molecule has 0 aliphatic carbocycles. The van der Waals surface area contributed by atoms with E-state index in [1.54, 1.807) is 18.0 Å². The molecule has 4 heteroatoms. The maximum absolute atomic E-state index is 5.71. The summed E-state index contributed by atoms with van der Waals surface area (Å²) in [6, 6.07) is 1.85. The van der Waals surface area contributed by atoms with Crippen LogP contribution < -0.4 is 5.73 Å². The summed E-state index contributed by atoms with van der Waals surface area (Å²) in [6.07, 6.45) is 3.57. The molecule has 1 aromatic heterocycles. The lowest BCUT2D eigenvalue weighted by Crippen LogP contribution is -1.91. The van der Waals surface area contributed by atoms with Gasteiger partial charge in [-0.3, -0.25) is 0 Å². The molecule has 64 valence electrons. The van der Waals surface area contributed by atoms with Gasteiger partial charge < -0.3 is 5.73 Å². The summed E-state index contributed by atoms with van der Waals surface area (Å²) < 4.78 is 0.906. The number of halogens is 1. The van der Waals surface area contributed by atoms with Crippen LogP contribution in [0.3, 0.4) is 0 Å². The van der Waals surface area contributed by atoms with Crippen molar-refractivity contribution in [1.29, 1.82) is 0 Å². The number of nitrogens with two attached hydrogens (primary N) is 1. The first-order valence-corrected chi connectivity index (χ1v) is 5.16. The second-order valence-electron chi connectivity index (χ2n) is 2.15. The third kappa shape index (κ3) is 2.53. The van der Waals surface area contributed by atoms with Gasteiger partial charge in [0.05, 0.1) is 5.69 Å². The van der Waals surface area contributed by atoms with Gasteiger partial charge in [0, 0.05) is 16.4 Å². The van der Waals surface area contributed by atoms with Gasteiger partial charge in [-0.2, -0.15) is 0 Å². The van der Waals surface area contributed by atoms with Crippen molar-refractivity contribution in [1.82, 2.24) is 4.98 Å². The Labute approximate surface area is 84.4 Å². The summed E-state index contributed by atoms with van der Waals surface area (Å²) in [5.74, 6) is 0.832. The van der Waals surface area contributed by atoms with E-state index in [1.807, 2.05) is 12.1 Å². The Kier molecular flexibility index (Phi) is 3.62. The Morgan fingerprint density at radius 1 is 1.75 bits per heavy atom. The van der Waals surface area contributed by atoms with E-state index in [-0.39, 0.29) is 0 Å². The SMILES string of the molecule is C=CCSc1ncc(Br)cc1N. The first-order valence-electron chi connectivity index (χ1n) is 3.38. The van der Waals surface area contributed by atoms with Crippen LogP contribution in [-0.4, -0.2) is 10.7 Å². The minimum absolute atomic E-state index is 0.705. The van der Waals surface area contributed by atoms with Gasteiger partial charge in [-0.15, -0.1) is 18.3 Å². The van der Waals surface area contributed by atoms with Crippen molar-refractivity contribution in [2.45, 2.75) is 5.03 Å². The van der Waals surface area contributed by atoms with E-state index in [0.717, 1.165) is 15.3 Å². The van der Waals surface area contributed by atoms with Crippen molar-refractivity contribution in [3.8, 4) is 0 Å². The van der Waals surface area contributed by atoms with E-state index < -0.39 is 0 Å². The molecule has 0 saturated carbocycles. The maximum atomic E-state index is 5.71. The fourth-order valence-corrected chi connectivity index (χ4v) is 1.68. The number of hydrogen-bond acceptors (Lipinski definition) is 3. The Morgan fingerprint density at radius 3 is 3.08 bits per heavy atom. The molecule has 0 aliphatic heterocycles. The van der Waals surface area contributed by atoms with E-state index in [1.165, 1.54) is 0 Å². The minimum atomic E-state index is 0.705. The molecule has 0 spiro atoms. The van der Waals surface area contributed by atoms with E-state index in [9.17, 15) is 0 Å². The summed E-state index contributed by atoms with van der Waals surface area (Å²) in [5.41, 5.74) is 6.42. The Balaban J connectivity index is 2.78. The topological polar surface area (TPSA) is 38.9 Å². The average molecular weight is 245 g/mol. The monoisotopic (exact) mass is 244 g/mol. The van der Waals surface area contributed by atoms with Crippen LogP contribution in [0.4, 0.5) is 5.69 Å². The van der Waals surface area contributed by atoms with Crippen molar-refractivity contribution in [2.75, 3.05) is 11.5 Å². The standard InChI is InChI=1S/C8H9BrN2S/c1-2-3-12-8-7(10)4-6(9)5-11-8/h2,4-5H,1,3,10H2. The maximum Gasteiger partial charge on any atom is 0.119 e. The minimum Gasteiger partial charge on any atom is -0.397 e. The van der Waals surface area contributed by atoms with Crippen LogP contribution >= 0.6 is 27.7 Å². The summed E-state index contributed by atoms with van der Waals surface area (Å²) in [6.45, 7) is 3.62. The zero-order valence-electron chi connectivity index (χ0n) is 6.46. The van der Waals surface area contributed by atoms with Gasteiger partial charge in [0.15, 0.2) is 0 Å². The number of nitrogens with zero attached hydrogens (tertiary/aromatic N) is 1. The highest BCUT2D eigenvalue weighted by atomic mass is 79.9. The molecule has 0 radical (unpaired) electrons. The number of rotatable bonds is 3. The Hall–Kier alpha value is -0.480. The molecule has 1 rings (SSSR count). The van der Waals surface area contributed by atoms with E-state index in [4.69, 9.17) is 5.73 Å². The molecule has 0 unspecified atom stereocenters. The van der Waals surface area contributed by atoms with E-state index >= 15 is 0 Å². The first kappa shape index (κ1) is 9.61. The molecule has 1 heterocycles. The Bertz CT molecular complexity index is 288. The van der Waals surface area contributed by atoms with Crippen molar-refractivity contribution >= 4 is 33.4 Å². The molecular weight excluding hydrogens is 236 g/mol. The summed E-state index contributed by atoms with van der Waals surface area (Å²) >= 11 is 4.87. The second kappa shape index (κ2) is 4.52. The quantitative estimate of drug-likeness (QED) is 0.657. The predicted octanol–water partition coefficient (Wildman–Crippen LogP) is 2.70. The third-order valence-corrected chi connectivity index (χ3v) is 2.63. The van der Waals surface area contributed by atoms with Gasteiger partial charge in [0.1, 0.15) is 5.03 Å². The summed E-state index contributed by atoms with van der Waals surface area (Å²) in [5, 5.41) is 0.859. The van der Waals surface area contributed by atoms with Gasteiger partial charge in [-0.25, -0.2) is 4.98 Å². The van der Waals surface area contributed by atoms with Gasteiger partial charge in [-0.1, -0.05) is 6.08 Å². The fraction of sp³-hybridized carbons (Fsp3) is 0.125. The van der Waals surface area contributed by atoms with Crippen LogP contribution in [0.15, 0.2) is 34.4 Å². The van der Waals surface area contributed by atoms with Gasteiger partial charge >= 0.3 is 0 Å². The largest absolute Gasteiger partial charge is 0.397 e. The highest BCUT2D eigenvalue weighted by molar-refractivity contribution is 9.10. The zero-order chi connectivity index (χ0) is 8.97. The molecular formula is C8H9BrN2S. The molecule has 2 nitrogen and oxygen atoms in total. The van der Waals surface area contributed by atoms with Crippen LogP contribution in [0, 0.1) is 0 Å². The summed E-state index contributed by atoms with van der Waals surface area (Å²) in [7, 11) is 0. The number of hydrogen-bond donors (Lipinski definition) is 1. The van der Waals surface area contributed by atoms with Gasteiger partial charge in [0.2, 0.25) is 0 Å². The van der Waals surface area contributed by atoms with Crippen LogP contribution in [-0.2, 0) is 0 Å². The molecule has 12 heavy (non-hydrogen) atoms. The lowest BCUT2D eigenvalue weighted by atomic mass is 10.4. The molecule has 0 fully saturated rings. The molecule has 0 aromatic carbocycles. The van der Waals surface area contributed by atoms with E-state index in [2.05, 4.69) is 27.5 Å². The van der Waals surface area contributed by atoms with Crippen LogP contribution in [0.25, 0.3) is 0 Å². The average Bonchev–Trinajstić information content (AvgIpc) is 2.03. The van der Waals surface area contributed by atoms with Crippen LogP contribution in [0.5, 0.6) is 0 Å². The van der Waals surface area contributed by atoms with E-state index in [0.29, 0.717) is 5.69 Å². The predicted molar refractivity (Wildman–Crippen MR) is 57.3 cm³/mol. The highest BCUT2D eigenvalue weighted by Gasteiger charge is 2.00. The second-order valence-corrected chi connectivity index (χ2v) is 4.07. The lowest BCUT2D eigenvalue weighted by molar-refractivity contribution is 1.13. The highest BCUT2D eigenvalue weighted by Crippen LogP contribution is 2.24. The zero-order valence-corrected chi connectivity index (χ0v) is 8.86. The first-order chi connectivity index (χ1) is 5.74. The number of thioether (sulfide) groups is 1. The van der Waals surface area contributed by atoms with Crippen molar-refractivity contribution in [2.24, 2.45) is 0 Å².